The number of nitrogens with zero attached hydrogens (tertiary/aromatic N) is 1. The van der Waals surface area contributed by atoms with Crippen molar-refractivity contribution >= 4 is 11.6 Å². The summed E-state index contributed by atoms with van der Waals surface area (Å²) in [7, 11) is 0. The van der Waals surface area contributed by atoms with Crippen LogP contribution < -0.4 is 15.8 Å². The Bertz CT molecular complexity index is 614. The fraction of sp³-hybridized carbons (Fsp3) is 0.333. The van der Waals surface area contributed by atoms with E-state index < -0.39 is 5.41 Å². The summed E-state index contributed by atoms with van der Waals surface area (Å²) in [5.41, 5.74) is 5.90. The second-order valence-electron chi connectivity index (χ2n) is 5.45. The van der Waals surface area contributed by atoms with E-state index in [9.17, 15) is 4.79 Å². The van der Waals surface area contributed by atoms with Crippen molar-refractivity contribution in [3.8, 4) is 11.6 Å². The van der Waals surface area contributed by atoms with E-state index in [4.69, 9.17) is 10.5 Å². The maximum atomic E-state index is 12.5. The lowest BCUT2D eigenvalue weighted by molar-refractivity contribution is -0.125. The lowest BCUT2D eigenvalue weighted by Gasteiger charge is -2.28. The number of hydrogen-bond acceptors (Lipinski definition) is 4. The third kappa shape index (κ3) is 4.07. The molecule has 5 nitrogen and oxygen atoms in total. The summed E-state index contributed by atoms with van der Waals surface area (Å²) < 4.78 is 5.63. The molecular formula is C18H23N3O2. The fourth-order valence-corrected chi connectivity index (χ4v) is 2.34. The molecule has 1 aromatic carbocycles. The van der Waals surface area contributed by atoms with E-state index in [0.717, 1.165) is 5.75 Å². The fourth-order valence-electron chi connectivity index (χ4n) is 2.34. The molecule has 0 saturated heterocycles. The molecule has 0 fully saturated rings. The number of pyridine rings is 1. The largest absolute Gasteiger partial charge is 0.439 e. The van der Waals surface area contributed by atoms with Gasteiger partial charge in [0.25, 0.3) is 0 Å². The third-order valence-corrected chi connectivity index (χ3v) is 4.19. The third-order valence-electron chi connectivity index (χ3n) is 4.19. The summed E-state index contributed by atoms with van der Waals surface area (Å²) in [6, 6.07) is 12.9. The summed E-state index contributed by atoms with van der Waals surface area (Å²) in [6.07, 6.45) is 2.99. The molecule has 1 heterocycles. The van der Waals surface area contributed by atoms with E-state index >= 15 is 0 Å². The van der Waals surface area contributed by atoms with E-state index in [-0.39, 0.29) is 5.91 Å². The lowest BCUT2D eigenvalue weighted by Crippen LogP contribution is -2.41. The molecule has 0 aliphatic rings. The summed E-state index contributed by atoms with van der Waals surface area (Å²) in [6.45, 7) is 4.28. The number of benzene rings is 1. The quantitative estimate of drug-likeness (QED) is 0.819. The molecule has 0 bridgehead atoms. The first kappa shape index (κ1) is 17.0. The number of nitrogens with two attached hydrogens (primary N) is 1. The highest BCUT2D eigenvalue weighted by Gasteiger charge is 2.33. The Morgan fingerprint density at radius 3 is 2.39 bits per heavy atom. The Labute approximate surface area is 136 Å². The van der Waals surface area contributed by atoms with Crippen LogP contribution in [0.2, 0.25) is 0 Å². The summed E-state index contributed by atoms with van der Waals surface area (Å²) in [5.74, 6) is 1.13. The molecule has 3 N–H and O–H groups in total. The van der Waals surface area contributed by atoms with Gasteiger partial charge in [-0.25, -0.2) is 4.98 Å². The number of ether oxygens (including phenoxy) is 1. The molecule has 1 aromatic heterocycles. The van der Waals surface area contributed by atoms with Crippen LogP contribution in [0.25, 0.3) is 0 Å². The van der Waals surface area contributed by atoms with Gasteiger partial charge >= 0.3 is 0 Å². The second-order valence-corrected chi connectivity index (χ2v) is 5.45. The molecule has 0 aliphatic heterocycles. The van der Waals surface area contributed by atoms with E-state index in [1.807, 2.05) is 44.2 Å². The van der Waals surface area contributed by atoms with Gasteiger partial charge in [0.05, 0.1) is 17.3 Å². The number of para-hydroxylation sites is 1. The van der Waals surface area contributed by atoms with Crippen molar-refractivity contribution < 1.29 is 9.53 Å². The standard InChI is InChI=1S/C18H23N3O2/c1-3-18(4-2,13-19)17(22)21-14-10-11-16(20-12-14)23-15-8-6-5-7-9-15/h5-12H,3-4,13,19H2,1-2H3,(H,21,22). The first-order valence-electron chi connectivity index (χ1n) is 7.84. The number of carbonyl (C=O) groups excluding carboxylic acids is 1. The highest BCUT2D eigenvalue weighted by atomic mass is 16.5. The molecule has 1 amide bonds. The van der Waals surface area contributed by atoms with Crippen molar-refractivity contribution in [2.24, 2.45) is 11.1 Å². The number of rotatable bonds is 7. The number of aromatic nitrogens is 1. The Morgan fingerprint density at radius 2 is 1.87 bits per heavy atom. The molecular weight excluding hydrogens is 290 g/mol. The van der Waals surface area contributed by atoms with Gasteiger partial charge in [0, 0.05) is 12.6 Å². The summed E-state index contributed by atoms with van der Waals surface area (Å²) in [4.78, 5) is 16.7. The van der Waals surface area contributed by atoms with Crippen LogP contribution in [0, 0.1) is 5.41 Å². The molecule has 0 radical (unpaired) electrons. The smallest absolute Gasteiger partial charge is 0.231 e. The zero-order chi connectivity index (χ0) is 16.7. The maximum Gasteiger partial charge on any atom is 0.231 e. The van der Waals surface area contributed by atoms with Gasteiger partial charge in [-0.2, -0.15) is 0 Å². The lowest BCUT2D eigenvalue weighted by atomic mass is 9.81. The normalized spacial score (nSPS) is 11.1. The van der Waals surface area contributed by atoms with Crippen LogP contribution in [0.3, 0.4) is 0 Å². The maximum absolute atomic E-state index is 12.5. The van der Waals surface area contributed by atoms with Crippen LogP contribution in [-0.2, 0) is 4.79 Å². The molecule has 23 heavy (non-hydrogen) atoms. The minimum atomic E-state index is -0.529. The van der Waals surface area contributed by atoms with Crippen LogP contribution in [-0.4, -0.2) is 17.4 Å². The zero-order valence-electron chi connectivity index (χ0n) is 13.6. The second kappa shape index (κ2) is 7.74. The van der Waals surface area contributed by atoms with Gasteiger partial charge < -0.3 is 15.8 Å². The minimum absolute atomic E-state index is 0.0662. The number of nitrogens with one attached hydrogen (secondary N) is 1. The molecule has 2 aromatic rings. The molecule has 0 atom stereocenters. The van der Waals surface area contributed by atoms with Crippen molar-refractivity contribution in [2.45, 2.75) is 26.7 Å². The Hall–Kier alpha value is -2.40. The monoisotopic (exact) mass is 313 g/mol. The molecule has 0 aliphatic carbocycles. The van der Waals surface area contributed by atoms with Crippen LogP contribution in [0.15, 0.2) is 48.7 Å². The van der Waals surface area contributed by atoms with Gasteiger partial charge in [-0.1, -0.05) is 32.0 Å². The Balaban J connectivity index is 2.04. The van der Waals surface area contributed by atoms with Crippen molar-refractivity contribution in [3.63, 3.8) is 0 Å². The van der Waals surface area contributed by atoms with Crippen LogP contribution in [0.4, 0.5) is 5.69 Å². The van der Waals surface area contributed by atoms with Crippen LogP contribution >= 0.6 is 0 Å². The predicted octanol–water partition coefficient (Wildman–Crippen LogP) is 3.58. The summed E-state index contributed by atoms with van der Waals surface area (Å²) in [5, 5.41) is 2.89. The Morgan fingerprint density at radius 1 is 1.17 bits per heavy atom. The highest BCUT2D eigenvalue weighted by Crippen LogP contribution is 2.27. The number of amides is 1. The van der Waals surface area contributed by atoms with Crippen molar-refractivity contribution in [1.82, 2.24) is 4.98 Å². The first-order chi connectivity index (χ1) is 11.1. The van der Waals surface area contributed by atoms with E-state index in [2.05, 4.69) is 10.3 Å². The van der Waals surface area contributed by atoms with Crippen molar-refractivity contribution in [2.75, 3.05) is 11.9 Å². The average molecular weight is 313 g/mol. The highest BCUT2D eigenvalue weighted by molar-refractivity contribution is 5.95. The SMILES string of the molecule is CCC(CC)(CN)C(=O)Nc1ccc(Oc2ccccc2)nc1. The van der Waals surface area contributed by atoms with Gasteiger partial charge in [0.2, 0.25) is 11.8 Å². The number of hydrogen-bond donors (Lipinski definition) is 2. The molecule has 0 spiro atoms. The van der Waals surface area contributed by atoms with Gasteiger partial charge in [-0.3, -0.25) is 4.79 Å². The van der Waals surface area contributed by atoms with Gasteiger partial charge in [-0.15, -0.1) is 0 Å². The Kier molecular flexibility index (Phi) is 5.71. The van der Waals surface area contributed by atoms with Crippen molar-refractivity contribution in [1.29, 1.82) is 0 Å². The van der Waals surface area contributed by atoms with Gasteiger partial charge in [-0.05, 0) is 31.0 Å². The van der Waals surface area contributed by atoms with Crippen LogP contribution in [0.1, 0.15) is 26.7 Å². The summed E-state index contributed by atoms with van der Waals surface area (Å²) >= 11 is 0. The van der Waals surface area contributed by atoms with Gasteiger partial charge in [0.1, 0.15) is 5.75 Å². The average Bonchev–Trinajstić information content (AvgIpc) is 2.60. The zero-order valence-corrected chi connectivity index (χ0v) is 13.6. The number of anilines is 1. The van der Waals surface area contributed by atoms with E-state index in [0.29, 0.717) is 31.0 Å². The molecule has 2 rings (SSSR count). The molecule has 5 heteroatoms. The van der Waals surface area contributed by atoms with E-state index in [1.165, 1.54) is 0 Å². The van der Waals surface area contributed by atoms with Crippen molar-refractivity contribution in [3.05, 3.63) is 48.7 Å². The topological polar surface area (TPSA) is 77.2 Å². The molecule has 0 unspecified atom stereocenters. The minimum Gasteiger partial charge on any atom is -0.439 e. The molecule has 0 saturated carbocycles. The number of carbonyl (C=O) groups is 1. The van der Waals surface area contributed by atoms with Gasteiger partial charge in [0.15, 0.2) is 0 Å². The molecule has 122 valence electrons. The predicted molar refractivity (Wildman–Crippen MR) is 91.5 cm³/mol. The van der Waals surface area contributed by atoms with E-state index in [1.54, 1.807) is 18.3 Å². The first-order valence-corrected chi connectivity index (χ1v) is 7.84. The van der Waals surface area contributed by atoms with Crippen LogP contribution in [0.5, 0.6) is 11.6 Å².